The molecule has 1 heterocycles. The molecule has 0 bridgehead atoms. The van der Waals surface area contributed by atoms with Gasteiger partial charge in [-0.25, -0.2) is 4.98 Å². The highest BCUT2D eigenvalue weighted by Gasteiger charge is 2.16. The van der Waals surface area contributed by atoms with Gasteiger partial charge < -0.3 is 10.1 Å². The summed E-state index contributed by atoms with van der Waals surface area (Å²) in [6.07, 6.45) is 1.64. The van der Waals surface area contributed by atoms with Crippen molar-refractivity contribution in [2.24, 2.45) is 0 Å². The molecule has 0 fully saturated rings. The second-order valence-electron chi connectivity index (χ2n) is 5.13. The van der Waals surface area contributed by atoms with Gasteiger partial charge in [-0.2, -0.15) is 0 Å². The third kappa shape index (κ3) is 5.46. The number of benzene rings is 1. The number of nitrogens with one attached hydrogen (secondary N) is 1. The van der Waals surface area contributed by atoms with Gasteiger partial charge in [0.1, 0.15) is 0 Å². The molecular formula is C17H19N3O4S. The van der Waals surface area contributed by atoms with Gasteiger partial charge in [0.2, 0.25) is 11.8 Å². The Bertz CT molecular complexity index is 737. The van der Waals surface area contributed by atoms with E-state index in [0.717, 1.165) is 10.5 Å². The summed E-state index contributed by atoms with van der Waals surface area (Å²) in [6.45, 7) is 4.49. The van der Waals surface area contributed by atoms with Crippen LogP contribution in [0.15, 0.2) is 47.5 Å². The Labute approximate surface area is 149 Å². The Morgan fingerprint density at radius 3 is 2.72 bits per heavy atom. The lowest BCUT2D eigenvalue weighted by Gasteiger charge is -2.13. The topological polar surface area (TPSA) is 94.4 Å². The number of ether oxygens (including phenoxy) is 1. The first-order chi connectivity index (χ1) is 12.0. The normalized spacial score (nSPS) is 11.6. The molecule has 0 aliphatic heterocycles. The summed E-state index contributed by atoms with van der Waals surface area (Å²) in [6, 6.07) is 9.78. The van der Waals surface area contributed by atoms with Crippen LogP contribution in [0.5, 0.6) is 5.88 Å². The van der Waals surface area contributed by atoms with Crippen molar-refractivity contribution in [2.75, 3.05) is 6.61 Å². The minimum Gasteiger partial charge on any atom is -0.478 e. The number of pyridine rings is 1. The molecule has 1 atom stereocenters. The molecule has 0 saturated heterocycles. The van der Waals surface area contributed by atoms with E-state index in [1.54, 1.807) is 31.3 Å². The van der Waals surface area contributed by atoms with Crippen molar-refractivity contribution in [3.63, 3.8) is 0 Å². The number of aromatic nitrogens is 1. The van der Waals surface area contributed by atoms with Gasteiger partial charge in [-0.1, -0.05) is 6.07 Å². The van der Waals surface area contributed by atoms with Crippen molar-refractivity contribution < 1.29 is 14.5 Å². The molecule has 1 aromatic carbocycles. The van der Waals surface area contributed by atoms with E-state index in [0.29, 0.717) is 19.0 Å². The van der Waals surface area contributed by atoms with Gasteiger partial charge in [-0.15, -0.1) is 11.8 Å². The quantitative estimate of drug-likeness (QED) is 0.441. The maximum atomic E-state index is 12.3. The van der Waals surface area contributed by atoms with Gasteiger partial charge in [0.05, 0.1) is 16.8 Å². The number of non-ortho nitro benzene ring substituents is 1. The number of thioether (sulfide) groups is 1. The van der Waals surface area contributed by atoms with E-state index in [1.807, 2.05) is 13.0 Å². The van der Waals surface area contributed by atoms with Crippen molar-refractivity contribution in [1.29, 1.82) is 0 Å². The first-order valence-corrected chi connectivity index (χ1v) is 8.64. The highest BCUT2D eigenvalue weighted by Crippen LogP contribution is 2.25. The van der Waals surface area contributed by atoms with Crippen molar-refractivity contribution in [3.8, 4) is 5.88 Å². The molecular weight excluding hydrogens is 342 g/mol. The first kappa shape index (κ1) is 18.7. The number of amides is 1. The Morgan fingerprint density at radius 2 is 2.08 bits per heavy atom. The molecule has 2 rings (SSSR count). The van der Waals surface area contributed by atoms with Crippen LogP contribution in [-0.2, 0) is 11.3 Å². The third-order valence-corrected chi connectivity index (χ3v) is 4.43. The number of nitrogens with zero attached hydrogens (tertiary/aromatic N) is 2. The number of carbonyl (C=O) groups excluding carboxylic acids is 1. The Balaban J connectivity index is 1.91. The molecule has 25 heavy (non-hydrogen) atoms. The highest BCUT2D eigenvalue weighted by molar-refractivity contribution is 8.00. The molecule has 1 aromatic heterocycles. The fourth-order valence-corrected chi connectivity index (χ4v) is 2.95. The second kappa shape index (κ2) is 9.03. The van der Waals surface area contributed by atoms with Crippen LogP contribution in [0.3, 0.4) is 0 Å². The van der Waals surface area contributed by atoms with Crippen molar-refractivity contribution in [3.05, 3.63) is 58.3 Å². The zero-order valence-corrected chi connectivity index (χ0v) is 14.8. The van der Waals surface area contributed by atoms with Gasteiger partial charge in [0.15, 0.2) is 0 Å². The fraction of sp³-hybridized carbons (Fsp3) is 0.294. The maximum Gasteiger partial charge on any atom is 0.269 e. The number of hydrogen-bond donors (Lipinski definition) is 1. The van der Waals surface area contributed by atoms with E-state index in [1.165, 1.54) is 23.9 Å². The molecule has 1 N–H and O–H groups in total. The number of rotatable bonds is 8. The molecule has 0 spiro atoms. The number of carbonyl (C=O) groups is 1. The smallest absolute Gasteiger partial charge is 0.269 e. The highest BCUT2D eigenvalue weighted by atomic mass is 32.2. The van der Waals surface area contributed by atoms with E-state index >= 15 is 0 Å². The Hall–Kier alpha value is -2.61. The lowest BCUT2D eigenvalue weighted by Crippen LogP contribution is -2.30. The van der Waals surface area contributed by atoms with Crippen LogP contribution in [-0.4, -0.2) is 27.7 Å². The van der Waals surface area contributed by atoms with Crippen LogP contribution >= 0.6 is 11.8 Å². The van der Waals surface area contributed by atoms with Gasteiger partial charge >= 0.3 is 0 Å². The van der Waals surface area contributed by atoms with Crippen molar-refractivity contribution >= 4 is 23.4 Å². The fourth-order valence-electron chi connectivity index (χ4n) is 2.06. The largest absolute Gasteiger partial charge is 0.478 e. The summed E-state index contributed by atoms with van der Waals surface area (Å²) in [4.78, 5) is 27.4. The predicted molar refractivity (Wildman–Crippen MR) is 95.7 cm³/mol. The minimum atomic E-state index is -0.450. The van der Waals surface area contributed by atoms with E-state index in [-0.39, 0.29) is 16.8 Å². The molecule has 0 aliphatic rings. The van der Waals surface area contributed by atoms with Crippen LogP contribution in [0, 0.1) is 10.1 Å². The number of nitro benzene ring substituents is 1. The first-order valence-electron chi connectivity index (χ1n) is 7.76. The summed E-state index contributed by atoms with van der Waals surface area (Å²) < 4.78 is 5.43. The summed E-state index contributed by atoms with van der Waals surface area (Å²) in [5, 5.41) is 13.2. The predicted octanol–water partition coefficient (Wildman–Crippen LogP) is 3.19. The lowest BCUT2D eigenvalue weighted by molar-refractivity contribution is -0.384. The zero-order chi connectivity index (χ0) is 18.2. The van der Waals surface area contributed by atoms with E-state index in [9.17, 15) is 14.9 Å². The maximum absolute atomic E-state index is 12.3. The molecule has 2 aromatic rings. The average molecular weight is 361 g/mol. The lowest BCUT2D eigenvalue weighted by atomic mass is 10.2. The number of hydrogen-bond acceptors (Lipinski definition) is 6. The summed E-state index contributed by atoms with van der Waals surface area (Å²) in [5.74, 6) is 0.385. The molecule has 0 saturated carbocycles. The SMILES string of the molecule is CCOc1ncccc1CNC(=O)C(C)Sc1ccc([N+](=O)[O-])cc1. The van der Waals surface area contributed by atoms with Crippen molar-refractivity contribution in [2.45, 2.75) is 30.5 Å². The molecule has 1 unspecified atom stereocenters. The molecule has 132 valence electrons. The van der Waals surface area contributed by atoms with Gasteiger partial charge in [0.25, 0.3) is 5.69 Å². The van der Waals surface area contributed by atoms with E-state index in [2.05, 4.69) is 10.3 Å². The van der Waals surface area contributed by atoms with Gasteiger partial charge in [-0.05, 0) is 32.0 Å². The Kier molecular flexibility index (Phi) is 6.76. The van der Waals surface area contributed by atoms with Crippen LogP contribution in [0.4, 0.5) is 5.69 Å². The monoisotopic (exact) mass is 361 g/mol. The summed E-state index contributed by atoms with van der Waals surface area (Å²) in [5.41, 5.74) is 0.840. The van der Waals surface area contributed by atoms with Crippen LogP contribution < -0.4 is 10.1 Å². The summed E-state index contributed by atoms with van der Waals surface area (Å²) >= 11 is 1.34. The van der Waals surface area contributed by atoms with Crippen LogP contribution in [0.25, 0.3) is 0 Å². The standard InChI is InChI=1S/C17H19N3O4S/c1-3-24-17-13(5-4-10-18-17)11-19-16(21)12(2)25-15-8-6-14(7-9-15)20(22)23/h4-10,12H,3,11H2,1-2H3,(H,19,21). The van der Waals surface area contributed by atoms with Crippen molar-refractivity contribution in [1.82, 2.24) is 10.3 Å². The molecule has 1 amide bonds. The Morgan fingerprint density at radius 1 is 1.36 bits per heavy atom. The summed E-state index contributed by atoms with van der Waals surface area (Å²) in [7, 11) is 0. The molecule has 0 radical (unpaired) electrons. The number of nitro groups is 1. The van der Waals surface area contributed by atoms with Gasteiger partial charge in [0, 0.05) is 35.3 Å². The second-order valence-corrected chi connectivity index (χ2v) is 6.54. The van der Waals surface area contributed by atoms with E-state index in [4.69, 9.17) is 4.74 Å². The molecule has 0 aliphatic carbocycles. The van der Waals surface area contributed by atoms with Crippen LogP contribution in [0.1, 0.15) is 19.4 Å². The molecule has 8 heteroatoms. The molecule has 7 nitrogen and oxygen atoms in total. The third-order valence-electron chi connectivity index (χ3n) is 3.31. The average Bonchev–Trinajstić information content (AvgIpc) is 2.61. The zero-order valence-electron chi connectivity index (χ0n) is 14.0. The van der Waals surface area contributed by atoms with Gasteiger partial charge in [-0.3, -0.25) is 14.9 Å². The van der Waals surface area contributed by atoms with Crippen LogP contribution in [0.2, 0.25) is 0 Å². The minimum absolute atomic E-state index is 0.0292. The van der Waals surface area contributed by atoms with E-state index < -0.39 is 4.92 Å².